The maximum absolute atomic E-state index is 12.1. The van der Waals surface area contributed by atoms with Gasteiger partial charge in [-0.05, 0) is 101 Å². The SMILES string of the molecule is Cc1cn(C2CCN(C(=O)OC(C)(C)C)CC2)c(C(C)(C)O)n1.Cc1cn(C2CCNCC2)c(C(C)(C)O)n1. The molecule has 10 nitrogen and oxygen atoms in total. The second-order valence-corrected chi connectivity index (χ2v) is 13.0. The van der Waals surface area contributed by atoms with E-state index in [-0.39, 0.29) is 12.1 Å². The van der Waals surface area contributed by atoms with Crippen LogP contribution in [0.15, 0.2) is 12.4 Å². The highest BCUT2D eigenvalue weighted by Crippen LogP contribution is 2.30. The van der Waals surface area contributed by atoms with Crippen molar-refractivity contribution in [3.8, 4) is 0 Å². The van der Waals surface area contributed by atoms with Crippen LogP contribution in [0, 0.1) is 13.8 Å². The first kappa shape index (κ1) is 31.1. The van der Waals surface area contributed by atoms with Crippen molar-refractivity contribution in [3.63, 3.8) is 0 Å². The summed E-state index contributed by atoms with van der Waals surface area (Å²) in [5.74, 6) is 1.47. The molecule has 0 saturated carbocycles. The number of carbonyl (C=O) groups excluding carboxylic acids is 1. The number of aliphatic hydroxyl groups is 2. The number of rotatable bonds is 4. The lowest BCUT2D eigenvalue weighted by Crippen LogP contribution is -2.42. The van der Waals surface area contributed by atoms with Crippen molar-refractivity contribution in [2.45, 2.75) is 117 Å². The molecule has 2 aromatic heterocycles. The Morgan fingerprint density at radius 3 is 1.62 bits per heavy atom. The molecule has 0 radical (unpaired) electrons. The molecule has 0 unspecified atom stereocenters. The summed E-state index contributed by atoms with van der Waals surface area (Å²) in [5, 5.41) is 23.8. The topological polar surface area (TPSA) is 118 Å². The van der Waals surface area contributed by atoms with Crippen LogP contribution in [-0.2, 0) is 15.9 Å². The summed E-state index contributed by atoms with van der Waals surface area (Å²) in [6, 6.07) is 0.722. The Morgan fingerprint density at radius 1 is 0.821 bits per heavy atom. The molecule has 0 aliphatic carbocycles. The number of aromatic nitrogens is 4. The van der Waals surface area contributed by atoms with Crippen LogP contribution in [0.4, 0.5) is 4.79 Å². The zero-order valence-electron chi connectivity index (χ0n) is 25.4. The van der Waals surface area contributed by atoms with E-state index in [4.69, 9.17) is 4.74 Å². The number of likely N-dealkylation sites (tertiary alicyclic amines) is 1. The van der Waals surface area contributed by atoms with Gasteiger partial charge in [0, 0.05) is 37.6 Å². The number of carbonyl (C=O) groups is 1. The minimum atomic E-state index is -0.976. The lowest BCUT2D eigenvalue weighted by atomic mass is 10.0. The number of hydrogen-bond donors (Lipinski definition) is 3. The number of hydrogen-bond acceptors (Lipinski definition) is 7. The van der Waals surface area contributed by atoms with Gasteiger partial charge in [0.05, 0.1) is 11.4 Å². The molecule has 220 valence electrons. The first-order chi connectivity index (χ1) is 18.0. The number of imidazole rings is 2. The van der Waals surface area contributed by atoms with Gasteiger partial charge in [-0.1, -0.05) is 0 Å². The van der Waals surface area contributed by atoms with E-state index in [0.29, 0.717) is 25.0 Å². The summed E-state index contributed by atoms with van der Waals surface area (Å²) in [5.41, 5.74) is -0.425. The predicted octanol–water partition coefficient (Wildman–Crippen LogP) is 4.33. The highest BCUT2D eigenvalue weighted by molar-refractivity contribution is 5.68. The predicted molar refractivity (Wildman–Crippen MR) is 152 cm³/mol. The molecule has 4 rings (SSSR count). The van der Waals surface area contributed by atoms with E-state index in [9.17, 15) is 15.0 Å². The molecule has 10 heteroatoms. The molecule has 3 N–H and O–H groups in total. The maximum Gasteiger partial charge on any atom is 0.410 e. The minimum absolute atomic E-state index is 0.247. The second-order valence-electron chi connectivity index (χ2n) is 13.0. The summed E-state index contributed by atoms with van der Waals surface area (Å²) >= 11 is 0. The Hall–Kier alpha value is -2.43. The van der Waals surface area contributed by atoms with Gasteiger partial charge in [0.15, 0.2) is 0 Å². The summed E-state index contributed by atoms with van der Waals surface area (Å²) in [4.78, 5) is 22.8. The molecule has 2 aliphatic heterocycles. The van der Waals surface area contributed by atoms with Crippen LogP contribution in [0.25, 0.3) is 0 Å². The lowest BCUT2D eigenvalue weighted by Gasteiger charge is -2.35. The van der Waals surface area contributed by atoms with E-state index in [1.54, 1.807) is 32.6 Å². The summed E-state index contributed by atoms with van der Waals surface area (Å²) < 4.78 is 9.66. The molecule has 0 aromatic carbocycles. The van der Waals surface area contributed by atoms with Crippen molar-refractivity contribution in [2.24, 2.45) is 0 Å². The smallest absolute Gasteiger partial charge is 0.410 e. The van der Waals surface area contributed by atoms with E-state index >= 15 is 0 Å². The Labute approximate surface area is 233 Å². The van der Waals surface area contributed by atoms with Gasteiger partial charge in [0.25, 0.3) is 0 Å². The Bertz CT molecular complexity index is 1090. The van der Waals surface area contributed by atoms with Crippen LogP contribution in [-0.4, -0.2) is 72.1 Å². The van der Waals surface area contributed by atoms with Crippen LogP contribution >= 0.6 is 0 Å². The van der Waals surface area contributed by atoms with Gasteiger partial charge in [-0.25, -0.2) is 14.8 Å². The van der Waals surface area contributed by atoms with Gasteiger partial charge >= 0.3 is 6.09 Å². The van der Waals surface area contributed by atoms with Gasteiger partial charge in [-0.2, -0.15) is 0 Å². The molecule has 2 fully saturated rings. The quantitative estimate of drug-likeness (QED) is 0.522. The van der Waals surface area contributed by atoms with Crippen molar-refractivity contribution in [3.05, 3.63) is 35.4 Å². The third-order valence-electron chi connectivity index (χ3n) is 7.01. The largest absolute Gasteiger partial charge is 0.444 e. The Kier molecular flexibility index (Phi) is 9.55. The average molecular weight is 547 g/mol. The lowest BCUT2D eigenvalue weighted by molar-refractivity contribution is 0.0174. The van der Waals surface area contributed by atoms with E-state index in [1.807, 2.05) is 40.8 Å². The second kappa shape index (κ2) is 12.0. The number of nitrogens with one attached hydrogen (secondary N) is 1. The third kappa shape index (κ3) is 8.53. The Balaban J connectivity index is 0.000000230. The van der Waals surface area contributed by atoms with Crippen molar-refractivity contribution in [1.82, 2.24) is 29.3 Å². The molecule has 0 atom stereocenters. The molecule has 0 spiro atoms. The molecule has 39 heavy (non-hydrogen) atoms. The molecule has 1 amide bonds. The van der Waals surface area contributed by atoms with Crippen molar-refractivity contribution in [1.29, 1.82) is 0 Å². The first-order valence-corrected chi connectivity index (χ1v) is 14.2. The standard InChI is InChI=1S/C17H29N3O3.C12H21N3O/c1-12-11-20(14(18-12)17(5,6)22)13-7-9-19(10-8-13)15(21)23-16(2,3)4;1-9-8-15(10-4-6-13-7-5-10)11(14-9)12(2,3)16/h11,13,22H,7-10H2,1-6H3;8,10,13,16H,4-7H2,1-3H3. The van der Waals surface area contributed by atoms with Crippen LogP contribution in [0.5, 0.6) is 0 Å². The Morgan fingerprint density at radius 2 is 1.23 bits per heavy atom. The number of ether oxygens (including phenoxy) is 1. The molecule has 2 aromatic rings. The van der Waals surface area contributed by atoms with E-state index in [0.717, 1.165) is 56.0 Å². The number of piperidine rings is 2. The van der Waals surface area contributed by atoms with Crippen molar-refractivity contribution >= 4 is 6.09 Å². The van der Waals surface area contributed by atoms with Crippen LogP contribution in [0.2, 0.25) is 0 Å². The van der Waals surface area contributed by atoms with Gasteiger partial charge < -0.3 is 34.3 Å². The molecular weight excluding hydrogens is 496 g/mol. The summed E-state index contributed by atoms with van der Waals surface area (Å²) in [6.45, 7) is 20.0. The number of amides is 1. The highest BCUT2D eigenvalue weighted by atomic mass is 16.6. The van der Waals surface area contributed by atoms with Crippen LogP contribution < -0.4 is 5.32 Å². The zero-order valence-corrected chi connectivity index (χ0v) is 25.4. The maximum atomic E-state index is 12.1. The molecule has 0 bridgehead atoms. The number of aryl methyl sites for hydroxylation is 2. The van der Waals surface area contributed by atoms with Crippen molar-refractivity contribution < 1.29 is 19.7 Å². The van der Waals surface area contributed by atoms with Crippen molar-refractivity contribution in [2.75, 3.05) is 26.2 Å². The van der Waals surface area contributed by atoms with Gasteiger partial charge in [0.1, 0.15) is 28.5 Å². The van der Waals surface area contributed by atoms with E-state index in [1.165, 1.54) is 0 Å². The molecule has 2 aliphatic rings. The fourth-order valence-corrected chi connectivity index (χ4v) is 5.23. The van der Waals surface area contributed by atoms with Crippen LogP contribution in [0.1, 0.15) is 109 Å². The van der Waals surface area contributed by atoms with E-state index in [2.05, 4.69) is 30.6 Å². The molecule has 2 saturated heterocycles. The first-order valence-electron chi connectivity index (χ1n) is 14.2. The van der Waals surface area contributed by atoms with Crippen LogP contribution in [0.3, 0.4) is 0 Å². The summed E-state index contributed by atoms with van der Waals surface area (Å²) in [6.07, 6.45) is 7.68. The average Bonchev–Trinajstić information content (AvgIpc) is 3.42. The third-order valence-corrected chi connectivity index (χ3v) is 7.01. The fraction of sp³-hybridized carbons (Fsp3) is 0.759. The van der Waals surface area contributed by atoms with Gasteiger partial charge in [0.2, 0.25) is 0 Å². The number of nitrogens with zero attached hydrogens (tertiary/aromatic N) is 5. The summed E-state index contributed by atoms with van der Waals surface area (Å²) in [7, 11) is 0. The highest BCUT2D eigenvalue weighted by Gasteiger charge is 2.31. The molecular formula is C29H50N6O4. The van der Waals surface area contributed by atoms with Gasteiger partial charge in [-0.3, -0.25) is 0 Å². The normalized spacial score (nSPS) is 18.1. The fourth-order valence-electron chi connectivity index (χ4n) is 5.23. The van der Waals surface area contributed by atoms with Gasteiger partial charge in [-0.15, -0.1) is 0 Å². The minimum Gasteiger partial charge on any atom is -0.444 e. The zero-order chi connectivity index (χ0) is 29.2. The monoisotopic (exact) mass is 546 g/mol. The molecule has 4 heterocycles. The van der Waals surface area contributed by atoms with E-state index < -0.39 is 16.8 Å².